The van der Waals surface area contributed by atoms with Crippen molar-refractivity contribution in [3.8, 4) is 5.75 Å². The molecule has 0 amide bonds. The van der Waals surface area contributed by atoms with Crippen molar-refractivity contribution in [1.82, 2.24) is 4.90 Å². The number of anilines is 1. The Kier molecular flexibility index (Phi) is 6.15. The number of nitrogens with one attached hydrogen (secondary N) is 1. The van der Waals surface area contributed by atoms with E-state index in [1.807, 2.05) is 31.3 Å². The molecule has 116 valence electrons. The molecule has 0 aromatic heterocycles. The number of likely N-dealkylation sites (N-methyl/N-ethyl adjacent to an activating group) is 1. The van der Waals surface area contributed by atoms with Crippen LogP contribution in [0, 0.1) is 5.82 Å². The number of ether oxygens (including phenoxy) is 1. The van der Waals surface area contributed by atoms with Crippen molar-refractivity contribution in [1.29, 1.82) is 0 Å². The van der Waals surface area contributed by atoms with Crippen LogP contribution in [0.5, 0.6) is 5.75 Å². The van der Waals surface area contributed by atoms with Gasteiger partial charge in [0.05, 0.1) is 12.2 Å². The number of hydrogen-bond acceptors (Lipinski definition) is 2. The van der Waals surface area contributed by atoms with Crippen LogP contribution in [0.4, 0.5) is 10.1 Å². The van der Waals surface area contributed by atoms with E-state index >= 15 is 0 Å². The highest BCUT2D eigenvalue weighted by atomic mass is 79.9. The topological polar surface area (TPSA) is 24.5 Å². The minimum atomic E-state index is -0.329. The summed E-state index contributed by atoms with van der Waals surface area (Å²) >= 11 is 8.63. The van der Waals surface area contributed by atoms with Gasteiger partial charge in [0.15, 0.2) is 5.11 Å². The van der Waals surface area contributed by atoms with E-state index in [9.17, 15) is 4.39 Å². The summed E-state index contributed by atoms with van der Waals surface area (Å²) < 4.78 is 20.2. The molecule has 22 heavy (non-hydrogen) atoms. The summed E-state index contributed by atoms with van der Waals surface area (Å²) in [6.07, 6.45) is 0. The van der Waals surface area contributed by atoms with Gasteiger partial charge in [-0.15, -0.1) is 0 Å². The molecule has 0 aliphatic carbocycles. The minimum absolute atomic E-state index is 0.329. The normalized spacial score (nSPS) is 10.1. The monoisotopic (exact) mass is 382 g/mol. The van der Waals surface area contributed by atoms with Gasteiger partial charge in [0.2, 0.25) is 0 Å². The largest absolute Gasteiger partial charge is 0.492 e. The lowest BCUT2D eigenvalue weighted by atomic mass is 10.3. The van der Waals surface area contributed by atoms with Crippen molar-refractivity contribution in [3.05, 3.63) is 58.8 Å². The summed E-state index contributed by atoms with van der Waals surface area (Å²) in [6, 6.07) is 14.0. The van der Waals surface area contributed by atoms with Gasteiger partial charge in [0, 0.05) is 11.5 Å². The first-order chi connectivity index (χ1) is 10.6. The molecular formula is C16H16BrFN2OS. The van der Waals surface area contributed by atoms with Crippen LogP contribution in [-0.2, 0) is 0 Å². The van der Waals surface area contributed by atoms with Crippen LogP contribution in [-0.4, -0.2) is 30.2 Å². The van der Waals surface area contributed by atoms with Crippen LogP contribution in [0.3, 0.4) is 0 Å². The van der Waals surface area contributed by atoms with Crippen LogP contribution in [0.25, 0.3) is 0 Å². The lowest BCUT2D eigenvalue weighted by Gasteiger charge is -2.21. The first-order valence-corrected chi connectivity index (χ1v) is 7.91. The SMILES string of the molecule is CN(CCOc1ccc(Br)cc1)C(=S)Nc1ccccc1F. The average Bonchev–Trinajstić information content (AvgIpc) is 2.51. The number of para-hydroxylation sites is 1. The maximum Gasteiger partial charge on any atom is 0.173 e. The summed E-state index contributed by atoms with van der Waals surface area (Å²) in [6.45, 7) is 1.08. The Balaban J connectivity index is 1.79. The fraction of sp³-hybridized carbons (Fsp3) is 0.188. The molecule has 0 aliphatic rings. The summed E-state index contributed by atoms with van der Waals surface area (Å²) in [7, 11) is 1.83. The van der Waals surface area contributed by atoms with Gasteiger partial charge in [-0.1, -0.05) is 28.1 Å². The summed E-state index contributed by atoms with van der Waals surface area (Å²) in [5.74, 6) is 0.467. The summed E-state index contributed by atoms with van der Waals surface area (Å²) in [4.78, 5) is 1.81. The molecular weight excluding hydrogens is 367 g/mol. The predicted octanol–water partition coefficient (Wildman–Crippen LogP) is 4.30. The van der Waals surface area contributed by atoms with Gasteiger partial charge in [-0.3, -0.25) is 0 Å². The van der Waals surface area contributed by atoms with E-state index in [0.717, 1.165) is 10.2 Å². The zero-order chi connectivity index (χ0) is 15.9. The molecule has 6 heteroatoms. The number of hydrogen-bond donors (Lipinski definition) is 1. The molecule has 0 radical (unpaired) electrons. The first-order valence-electron chi connectivity index (χ1n) is 6.71. The van der Waals surface area contributed by atoms with Crippen LogP contribution in [0.1, 0.15) is 0 Å². The van der Waals surface area contributed by atoms with E-state index in [2.05, 4.69) is 21.2 Å². The molecule has 0 saturated heterocycles. The zero-order valence-electron chi connectivity index (χ0n) is 12.1. The van der Waals surface area contributed by atoms with E-state index < -0.39 is 0 Å². The van der Waals surface area contributed by atoms with Gasteiger partial charge < -0.3 is 15.0 Å². The summed E-state index contributed by atoms with van der Waals surface area (Å²) in [5.41, 5.74) is 0.369. The van der Waals surface area contributed by atoms with Crippen LogP contribution in [0.2, 0.25) is 0 Å². The third kappa shape index (κ3) is 4.96. The van der Waals surface area contributed by atoms with Gasteiger partial charge in [-0.2, -0.15) is 0 Å². The molecule has 2 aromatic carbocycles. The molecule has 0 heterocycles. The zero-order valence-corrected chi connectivity index (χ0v) is 14.5. The first kappa shape index (κ1) is 16.7. The second-order valence-corrected chi connectivity index (χ2v) is 5.94. The second kappa shape index (κ2) is 8.10. The minimum Gasteiger partial charge on any atom is -0.492 e. The molecule has 2 rings (SSSR count). The quantitative estimate of drug-likeness (QED) is 0.779. The molecule has 0 bridgehead atoms. The highest BCUT2D eigenvalue weighted by Crippen LogP contribution is 2.16. The van der Waals surface area contributed by atoms with Gasteiger partial charge in [-0.05, 0) is 48.6 Å². The highest BCUT2D eigenvalue weighted by molar-refractivity contribution is 9.10. The van der Waals surface area contributed by atoms with Crippen molar-refractivity contribution in [2.45, 2.75) is 0 Å². The van der Waals surface area contributed by atoms with Crippen LogP contribution < -0.4 is 10.1 Å². The van der Waals surface area contributed by atoms with Crippen LogP contribution >= 0.6 is 28.1 Å². The molecule has 2 aromatic rings. The van der Waals surface area contributed by atoms with Crippen LogP contribution in [0.15, 0.2) is 53.0 Å². The van der Waals surface area contributed by atoms with Crippen molar-refractivity contribution < 1.29 is 9.13 Å². The lowest BCUT2D eigenvalue weighted by molar-refractivity contribution is 0.285. The van der Waals surface area contributed by atoms with Gasteiger partial charge >= 0.3 is 0 Å². The second-order valence-electron chi connectivity index (χ2n) is 4.63. The Bertz CT molecular complexity index is 636. The van der Waals surface area contributed by atoms with E-state index in [1.165, 1.54) is 6.07 Å². The Morgan fingerprint density at radius 2 is 1.91 bits per heavy atom. The molecule has 0 aliphatic heterocycles. The van der Waals surface area contributed by atoms with E-state index in [1.54, 1.807) is 23.1 Å². The fourth-order valence-corrected chi connectivity index (χ4v) is 2.17. The van der Waals surface area contributed by atoms with Gasteiger partial charge in [0.1, 0.15) is 18.2 Å². The van der Waals surface area contributed by atoms with Gasteiger partial charge in [0.25, 0.3) is 0 Å². The number of benzene rings is 2. The third-order valence-electron chi connectivity index (χ3n) is 2.97. The fourth-order valence-electron chi connectivity index (χ4n) is 1.71. The predicted molar refractivity (Wildman–Crippen MR) is 94.9 cm³/mol. The number of halogens is 2. The maximum absolute atomic E-state index is 13.6. The Morgan fingerprint density at radius 1 is 1.23 bits per heavy atom. The Hall–Kier alpha value is -1.66. The Morgan fingerprint density at radius 3 is 2.59 bits per heavy atom. The standard InChI is InChI=1S/C16H16BrFN2OS/c1-20(10-11-21-13-8-6-12(17)7-9-13)16(22)19-15-5-3-2-4-14(15)18/h2-9H,10-11H2,1H3,(H,19,22). The van der Waals surface area contributed by atoms with E-state index in [0.29, 0.717) is 24.0 Å². The maximum atomic E-state index is 13.6. The number of nitrogens with zero attached hydrogens (tertiary/aromatic N) is 1. The molecule has 0 unspecified atom stereocenters. The number of thiocarbonyl (C=S) groups is 1. The average molecular weight is 383 g/mol. The molecule has 1 N–H and O–H groups in total. The highest BCUT2D eigenvalue weighted by Gasteiger charge is 2.07. The third-order valence-corrected chi connectivity index (χ3v) is 3.91. The molecule has 0 spiro atoms. The lowest BCUT2D eigenvalue weighted by Crippen LogP contribution is -2.34. The molecule has 0 atom stereocenters. The Labute approximate surface area is 143 Å². The summed E-state index contributed by atoms with van der Waals surface area (Å²) in [5, 5.41) is 3.34. The van der Waals surface area contributed by atoms with Crippen molar-refractivity contribution in [3.63, 3.8) is 0 Å². The van der Waals surface area contributed by atoms with Crippen molar-refractivity contribution >= 4 is 38.9 Å². The number of rotatable bonds is 5. The van der Waals surface area contributed by atoms with Crippen molar-refractivity contribution in [2.75, 3.05) is 25.5 Å². The molecule has 3 nitrogen and oxygen atoms in total. The smallest absolute Gasteiger partial charge is 0.173 e. The van der Waals surface area contributed by atoms with E-state index in [-0.39, 0.29) is 5.82 Å². The van der Waals surface area contributed by atoms with Crippen molar-refractivity contribution in [2.24, 2.45) is 0 Å². The molecule has 0 fully saturated rings. The molecule has 0 saturated carbocycles. The van der Waals surface area contributed by atoms with Gasteiger partial charge in [-0.25, -0.2) is 4.39 Å². The van der Waals surface area contributed by atoms with E-state index in [4.69, 9.17) is 17.0 Å².